The van der Waals surface area contributed by atoms with Crippen LogP contribution >= 0.6 is 0 Å². The molecule has 0 radical (unpaired) electrons. The fourth-order valence-electron chi connectivity index (χ4n) is 7.51. The Bertz CT molecular complexity index is 1080. The molecule has 2 saturated carbocycles. The van der Waals surface area contributed by atoms with Gasteiger partial charge in [-0.2, -0.15) is 5.26 Å². The molecule has 5 heteroatoms. The Hall–Kier alpha value is -2.32. The predicted octanol–water partition coefficient (Wildman–Crippen LogP) is 5.31. The van der Waals surface area contributed by atoms with Crippen LogP contribution < -0.4 is 0 Å². The van der Waals surface area contributed by atoms with Gasteiger partial charge in [-0.3, -0.25) is 4.98 Å². The molecule has 0 amide bonds. The van der Waals surface area contributed by atoms with Gasteiger partial charge in [-0.05, 0) is 84.6 Å². The van der Waals surface area contributed by atoms with Crippen molar-refractivity contribution in [3.05, 3.63) is 64.5 Å². The van der Waals surface area contributed by atoms with Crippen LogP contribution in [0.15, 0.2) is 30.6 Å². The van der Waals surface area contributed by atoms with Crippen LogP contribution in [0, 0.1) is 46.1 Å². The normalized spacial score (nSPS) is 36.3. The van der Waals surface area contributed by atoms with Crippen molar-refractivity contribution in [2.75, 3.05) is 0 Å². The lowest BCUT2D eigenvalue weighted by atomic mass is 9.50. The Kier molecular flexibility index (Phi) is 4.71. The van der Waals surface area contributed by atoms with E-state index in [0.29, 0.717) is 42.2 Å². The summed E-state index contributed by atoms with van der Waals surface area (Å²) < 4.78 is 29.2. The smallest absolute Gasteiger partial charge is 0.144 e. The molecule has 1 aromatic carbocycles. The lowest BCUT2D eigenvalue weighted by Gasteiger charge is -2.56. The molecule has 0 spiro atoms. The fraction of sp³-hybridized carbons (Fsp3) is 0.538. The van der Waals surface area contributed by atoms with E-state index in [1.807, 2.05) is 12.1 Å². The third-order valence-electron chi connectivity index (χ3n) is 8.91. The monoisotopic (exact) mass is 422 g/mol. The van der Waals surface area contributed by atoms with Gasteiger partial charge in [0.1, 0.15) is 17.7 Å². The Morgan fingerprint density at radius 3 is 2.81 bits per heavy atom. The molecule has 3 nitrogen and oxygen atoms in total. The molecule has 5 rings (SSSR count). The average molecular weight is 423 g/mol. The van der Waals surface area contributed by atoms with Crippen molar-refractivity contribution in [2.45, 2.75) is 63.9 Å². The number of fused-ring (bicyclic) bond motifs is 5. The standard InChI is InChI=1S/C26H28F2N2O/c1-15-11-25(2)21(7-9-26(25,31)12-16-8-10-30-14-22(16)27)20-6-5-19-18(23(15)20)4-3-17(13-29)24(19)28/h3-4,8,10,14-15,20-21,23,31H,5-7,9,11-12H2,1-2H3/t15-,20?,21?,23?,25-,26+/m0/s1. The Morgan fingerprint density at radius 2 is 2.06 bits per heavy atom. The van der Waals surface area contributed by atoms with Gasteiger partial charge in [0.25, 0.3) is 0 Å². The minimum atomic E-state index is -0.963. The average Bonchev–Trinajstić information content (AvgIpc) is 3.00. The first-order chi connectivity index (χ1) is 14.8. The maximum Gasteiger partial charge on any atom is 0.144 e. The number of aliphatic hydroxyl groups is 1. The van der Waals surface area contributed by atoms with E-state index < -0.39 is 5.60 Å². The van der Waals surface area contributed by atoms with Crippen molar-refractivity contribution in [1.82, 2.24) is 4.98 Å². The van der Waals surface area contributed by atoms with Crippen molar-refractivity contribution in [2.24, 2.45) is 23.2 Å². The number of nitrogens with zero attached hydrogens (tertiary/aromatic N) is 2. The van der Waals surface area contributed by atoms with E-state index in [9.17, 15) is 19.1 Å². The van der Waals surface area contributed by atoms with Gasteiger partial charge >= 0.3 is 0 Å². The molecule has 3 aliphatic carbocycles. The van der Waals surface area contributed by atoms with Crippen LogP contribution in [0.1, 0.15) is 67.7 Å². The number of pyridine rings is 1. The highest BCUT2D eigenvalue weighted by Gasteiger charge is 2.63. The molecule has 31 heavy (non-hydrogen) atoms. The largest absolute Gasteiger partial charge is 0.389 e. The molecule has 0 aliphatic heterocycles. The second-order valence-corrected chi connectivity index (χ2v) is 10.3. The number of nitriles is 1. The topological polar surface area (TPSA) is 56.9 Å². The summed E-state index contributed by atoms with van der Waals surface area (Å²) in [5.41, 5.74) is 1.14. The summed E-state index contributed by atoms with van der Waals surface area (Å²) in [6.45, 7) is 4.39. The number of hydrogen-bond acceptors (Lipinski definition) is 3. The van der Waals surface area contributed by atoms with Gasteiger partial charge in [-0.25, -0.2) is 8.78 Å². The van der Waals surface area contributed by atoms with Crippen molar-refractivity contribution < 1.29 is 13.9 Å². The third-order valence-corrected chi connectivity index (χ3v) is 8.91. The summed E-state index contributed by atoms with van der Waals surface area (Å²) in [4.78, 5) is 3.84. The zero-order valence-electron chi connectivity index (χ0n) is 18.0. The second kappa shape index (κ2) is 7.10. The molecule has 3 unspecified atom stereocenters. The summed E-state index contributed by atoms with van der Waals surface area (Å²) in [5, 5.41) is 21.1. The van der Waals surface area contributed by atoms with Gasteiger partial charge in [0, 0.05) is 18.0 Å². The molecule has 0 saturated heterocycles. The van der Waals surface area contributed by atoms with Crippen LogP contribution in [0.5, 0.6) is 0 Å². The first-order valence-corrected chi connectivity index (χ1v) is 11.3. The Balaban J connectivity index is 1.51. The lowest BCUT2D eigenvalue weighted by Crippen LogP contribution is -2.54. The van der Waals surface area contributed by atoms with Crippen molar-refractivity contribution in [1.29, 1.82) is 5.26 Å². The van der Waals surface area contributed by atoms with E-state index in [0.717, 1.165) is 24.8 Å². The van der Waals surface area contributed by atoms with Crippen molar-refractivity contribution in [3.8, 4) is 6.07 Å². The zero-order valence-corrected chi connectivity index (χ0v) is 18.0. The molecule has 2 aromatic rings. The third kappa shape index (κ3) is 2.88. The summed E-state index contributed by atoms with van der Waals surface area (Å²) in [6, 6.07) is 7.22. The number of aromatic nitrogens is 1. The summed E-state index contributed by atoms with van der Waals surface area (Å²) >= 11 is 0. The molecule has 1 heterocycles. The molecule has 6 atom stereocenters. The van der Waals surface area contributed by atoms with Gasteiger partial charge in [0.05, 0.1) is 17.4 Å². The van der Waals surface area contributed by atoms with E-state index in [-0.39, 0.29) is 34.4 Å². The number of hydrogen-bond donors (Lipinski definition) is 1. The van der Waals surface area contributed by atoms with Crippen LogP contribution in [0.25, 0.3) is 0 Å². The molecule has 2 fully saturated rings. The van der Waals surface area contributed by atoms with E-state index >= 15 is 0 Å². The second-order valence-electron chi connectivity index (χ2n) is 10.3. The van der Waals surface area contributed by atoms with E-state index in [4.69, 9.17) is 0 Å². The fourth-order valence-corrected chi connectivity index (χ4v) is 7.51. The molecule has 162 valence electrons. The molecule has 1 N–H and O–H groups in total. The van der Waals surface area contributed by atoms with E-state index in [1.54, 1.807) is 18.3 Å². The van der Waals surface area contributed by atoms with E-state index in [2.05, 4.69) is 18.8 Å². The van der Waals surface area contributed by atoms with Crippen LogP contribution in [0.3, 0.4) is 0 Å². The van der Waals surface area contributed by atoms with Gasteiger partial charge in [0.2, 0.25) is 0 Å². The Labute approximate surface area is 182 Å². The van der Waals surface area contributed by atoms with Gasteiger partial charge in [0.15, 0.2) is 0 Å². The Morgan fingerprint density at radius 1 is 1.26 bits per heavy atom. The van der Waals surface area contributed by atoms with Crippen LogP contribution in [-0.4, -0.2) is 15.7 Å². The summed E-state index contributed by atoms with van der Waals surface area (Å²) in [6.07, 6.45) is 6.98. The minimum absolute atomic E-state index is 0.125. The zero-order chi connectivity index (χ0) is 22.0. The summed E-state index contributed by atoms with van der Waals surface area (Å²) in [7, 11) is 0. The van der Waals surface area contributed by atoms with Gasteiger partial charge < -0.3 is 5.11 Å². The van der Waals surface area contributed by atoms with Crippen LogP contribution in [-0.2, 0) is 12.8 Å². The SMILES string of the molecule is C[C@H]1C[C@@]2(C)C(CC[C@@]2(O)Cc2ccncc2F)C2CCc3c(ccc(C#N)c3F)C21. The molecular formula is C26H28F2N2O. The molecule has 0 bridgehead atoms. The number of halogens is 2. The van der Waals surface area contributed by atoms with Gasteiger partial charge in [-0.1, -0.05) is 19.9 Å². The molecule has 3 aliphatic rings. The maximum absolute atomic E-state index is 14.9. The first kappa shape index (κ1) is 20.6. The van der Waals surface area contributed by atoms with Crippen molar-refractivity contribution >= 4 is 0 Å². The van der Waals surface area contributed by atoms with E-state index in [1.165, 1.54) is 6.20 Å². The summed E-state index contributed by atoms with van der Waals surface area (Å²) in [5.74, 6) is 0.476. The lowest BCUT2D eigenvalue weighted by molar-refractivity contribution is -0.115. The molecular weight excluding hydrogens is 394 g/mol. The highest BCUT2D eigenvalue weighted by Crippen LogP contribution is 2.66. The number of rotatable bonds is 2. The predicted molar refractivity (Wildman–Crippen MR) is 113 cm³/mol. The maximum atomic E-state index is 14.9. The van der Waals surface area contributed by atoms with Crippen molar-refractivity contribution in [3.63, 3.8) is 0 Å². The first-order valence-electron chi connectivity index (χ1n) is 11.3. The minimum Gasteiger partial charge on any atom is -0.389 e. The van der Waals surface area contributed by atoms with Gasteiger partial charge in [-0.15, -0.1) is 0 Å². The quantitative estimate of drug-likeness (QED) is 0.714. The highest BCUT2D eigenvalue weighted by atomic mass is 19.1. The molecule has 1 aromatic heterocycles. The van der Waals surface area contributed by atoms with Crippen LogP contribution in [0.2, 0.25) is 0 Å². The van der Waals surface area contributed by atoms with Crippen LogP contribution in [0.4, 0.5) is 8.78 Å². The number of benzene rings is 1. The highest BCUT2D eigenvalue weighted by molar-refractivity contribution is 5.44.